The minimum atomic E-state index is 0. The lowest BCUT2D eigenvalue weighted by molar-refractivity contribution is 0.174. The van der Waals surface area contributed by atoms with E-state index in [0.29, 0.717) is 6.04 Å². The Morgan fingerprint density at radius 3 is 2.47 bits per heavy atom. The molecule has 1 saturated heterocycles. The summed E-state index contributed by atoms with van der Waals surface area (Å²) in [6.07, 6.45) is 3.07. The van der Waals surface area contributed by atoms with Crippen LogP contribution in [0.5, 0.6) is 0 Å². The first-order valence-corrected chi connectivity index (χ1v) is 7.21. The molecule has 1 fully saturated rings. The molecule has 0 bridgehead atoms. The third-order valence-corrected chi connectivity index (χ3v) is 4.23. The smallest absolute Gasteiger partial charge is 0.0393 e. The fourth-order valence-corrected chi connectivity index (χ4v) is 3.12. The van der Waals surface area contributed by atoms with Crippen molar-refractivity contribution in [3.05, 3.63) is 46.1 Å². The van der Waals surface area contributed by atoms with Crippen LogP contribution in [0, 0.1) is 3.57 Å². The molecule has 1 N–H and O–H groups in total. The van der Waals surface area contributed by atoms with Gasteiger partial charge in [-0.15, -0.1) is 31.4 Å². The van der Waals surface area contributed by atoms with Crippen molar-refractivity contribution in [2.45, 2.75) is 12.5 Å². The zero-order chi connectivity index (χ0) is 12.1. The van der Waals surface area contributed by atoms with E-state index < -0.39 is 0 Å². The number of piperazine rings is 1. The van der Waals surface area contributed by atoms with E-state index in [1.165, 1.54) is 9.13 Å². The van der Waals surface area contributed by atoms with Crippen molar-refractivity contribution in [2.75, 3.05) is 26.2 Å². The number of hydrogen-bond acceptors (Lipinski definition) is 2. The maximum absolute atomic E-state index is 3.91. The highest BCUT2D eigenvalue weighted by molar-refractivity contribution is 14.1. The molecule has 0 radical (unpaired) electrons. The van der Waals surface area contributed by atoms with Crippen molar-refractivity contribution in [1.82, 2.24) is 10.2 Å². The lowest BCUT2D eigenvalue weighted by Crippen LogP contribution is -2.45. The number of nitrogens with one attached hydrogen (secondary N) is 1. The number of nitrogens with zero attached hydrogens (tertiary/aromatic N) is 1. The third-order valence-electron chi connectivity index (χ3n) is 3.25. The molecule has 0 unspecified atom stereocenters. The molecular weight excluding hydrogens is 394 g/mol. The summed E-state index contributed by atoms with van der Waals surface area (Å²) in [6.45, 7) is 8.35. The van der Waals surface area contributed by atoms with Crippen LogP contribution >= 0.6 is 47.4 Å². The SMILES string of the molecule is C=CC[C@H](c1ccccc1I)N1CCNCC1.Cl.Cl. The summed E-state index contributed by atoms with van der Waals surface area (Å²) < 4.78 is 1.36. The van der Waals surface area contributed by atoms with Crippen LogP contribution < -0.4 is 5.32 Å². The molecule has 0 spiro atoms. The summed E-state index contributed by atoms with van der Waals surface area (Å²) in [7, 11) is 0. The van der Waals surface area contributed by atoms with E-state index in [-0.39, 0.29) is 24.8 Å². The van der Waals surface area contributed by atoms with Gasteiger partial charge < -0.3 is 5.32 Å². The highest BCUT2D eigenvalue weighted by Crippen LogP contribution is 2.28. The number of rotatable bonds is 4. The topological polar surface area (TPSA) is 15.3 Å². The second kappa shape index (κ2) is 10.00. The summed E-state index contributed by atoms with van der Waals surface area (Å²) in [5, 5.41) is 3.41. The van der Waals surface area contributed by atoms with Crippen molar-refractivity contribution < 1.29 is 0 Å². The van der Waals surface area contributed by atoms with Gasteiger partial charge in [0.25, 0.3) is 0 Å². The van der Waals surface area contributed by atoms with Crippen LogP contribution in [0.1, 0.15) is 18.0 Å². The molecule has 1 aromatic rings. The quantitative estimate of drug-likeness (QED) is 0.597. The Morgan fingerprint density at radius 2 is 1.89 bits per heavy atom. The Kier molecular flexibility index (Phi) is 10.1. The van der Waals surface area contributed by atoms with Crippen LogP contribution in [-0.4, -0.2) is 31.1 Å². The second-order valence-electron chi connectivity index (χ2n) is 4.35. The van der Waals surface area contributed by atoms with E-state index >= 15 is 0 Å². The molecule has 0 saturated carbocycles. The lowest BCUT2D eigenvalue weighted by atomic mass is 10.0. The summed E-state index contributed by atoms with van der Waals surface area (Å²) in [5.41, 5.74) is 1.44. The lowest BCUT2D eigenvalue weighted by Gasteiger charge is -2.35. The van der Waals surface area contributed by atoms with E-state index in [9.17, 15) is 0 Å². The fourth-order valence-electron chi connectivity index (χ4n) is 2.37. The average Bonchev–Trinajstić information content (AvgIpc) is 2.38. The van der Waals surface area contributed by atoms with Gasteiger partial charge in [0.05, 0.1) is 0 Å². The Bertz CT molecular complexity index is 381. The van der Waals surface area contributed by atoms with Crippen LogP contribution in [0.25, 0.3) is 0 Å². The highest BCUT2D eigenvalue weighted by Gasteiger charge is 2.22. The van der Waals surface area contributed by atoms with Gasteiger partial charge in [-0.1, -0.05) is 24.3 Å². The maximum atomic E-state index is 3.91. The van der Waals surface area contributed by atoms with Gasteiger partial charge in [0, 0.05) is 35.8 Å². The minimum Gasteiger partial charge on any atom is -0.314 e. The number of benzene rings is 1. The van der Waals surface area contributed by atoms with Gasteiger partial charge in [0.2, 0.25) is 0 Å². The van der Waals surface area contributed by atoms with E-state index in [1.54, 1.807) is 0 Å². The Labute approximate surface area is 142 Å². The van der Waals surface area contributed by atoms with E-state index in [1.807, 2.05) is 6.08 Å². The van der Waals surface area contributed by atoms with Gasteiger partial charge in [-0.2, -0.15) is 0 Å². The van der Waals surface area contributed by atoms with Crippen molar-refractivity contribution in [2.24, 2.45) is 0 Å². The molecule has 108 valence electrons. The standard InChI is InChI=1S/C14H19IN2.2ClH/c1-2-5-14(17-10-8-16-9-11-17)12-6-3-4-7-13(12)15;;/h2-4,6-7,14,16H,1,5,8-11H2;2*1H/t14-;;/m1../s1. The third kappa shape index (κ3) is 5.23. The van der Waals surface area contributed by atoms with Crippen LogP contribution in [-0.2, 0) is 0 Å². The molecule has 0 aliphatic carbocycles. The largest absolute Gasteiger partial charge is 0.314 e. The van der Waals surface area contributed by atoms with Gasteiger partial charge >= 0.3 is 0 Å². The number of hydrogen-bond donors (Lipinski definition) is 1. The molecule has 2 nitrogen and oxygen atoms in total. The van der Waals surface area contributed by atoms with Gasteiger partial charge in [0.1, 0.15) is 0 Å². The molecule has 19 heavy (non-hydrogen) atoms. The van der Waals surface area contributed by atoms with Gasteiger partial charge in [-0.05, 0) is 40.6 Å². The Balaban J connectivity index is 0.00000162. The van der Waals surface area contributed by atoms with Gasteiger partial charge in [-0.25, -0.2) is 0 Å². The molecule has 0 amide bonds. The second-order valence-corrected chi connectivity index (χ2v) is 5.51. The van der Waals surface area contributed by atoms with Crippen molar-refractivity contribution >= 4 is 47.4 Å². The molecule has 5 heteroatoms. The van der Waals surface area contributed by atoms with Crippen molar-refractivity contribution in [3.63, 3.8) is 0 Å². The Hall–Kier alpha value is 0.190. The normalized spacial score (nSPS) is 16.9. The van der Waals surface area contributed by atoms with E-state index in [2.05, 4.69) is 63.7 Å². The minimum absolute atomic E-state index is 0. The molecule has 1 aromatic carbocycles. The Morgan fingerprint density at radius 1 is 1.26 bits per heavy atom. The average molecular weight is 415 g/mol. The maximum Gasteiger partial charge on any atom is 0.0393 e. The molecule has 0 aromatic heterocycles. The zero-order valence-electron chi connectivity index (χ0n) is 10.8. The first-order chi connectivity index (χ1) is 8.33. The van der Waals surface area contributed by atoms with Crippen LogP contribution in [0.15, 0.2) is 36.9 Å². The van der Waals surface area contributed by atoms with Crippen LogP contribution in [0.2, 0.25) is 0 Å². The molecule has 1 aliphatic heterocycles. The van der Waals surface area contributed by atoms with Gasteiger partial charge in [-0.3, -0.25) is 4.90 Å². The molecule has 1 atom stereocenters. The predicted octanol–water partition coefficient (Wildman–Crippen LogP) is 3.66. The van der Waals surface area contributed by atoms with Crippen LogP contribution in [0.3, 0.4) is 0 Å². The van der Waals surface area contributed by atoms with E-state index in [4.69, 9.17) is 0 Å². The molecule has 1 aliphatic rings. The summed E-state index contributed by atoms with van der Waals surface area (Å²) in [6, 6.07) is 9.17. The molecule has 1 heterocycles. The summed E-state index contributed by atoms with van der Waals surface area (Å²) in [4.78, 5) is 2.57. The fraction of sp³-hybridized carbons (Fsp3) is 0.429. The van der Waals surface area contributed by atoms with Crippen molar-refractivity contribution in [1.29, 1.82) is 0 Å². The zero-order valence-corrected chi connectivity index (χ0v) is 14.6. The predicted molar refractivity (Wildman–Crippen MR) is 95.7 cm³/mol. The highest BCUT2D eigenvalue weighted by atomic mass is 127. The summed E-state index contributed by atoms with van der Waals surface area (Å²) >= 11 is 2.43. The van der Waals surface area contributed by atoms with Crippen LogP contribution in [0.4, 0.5) is 0 Å². The number of halogens is 3. The van der Waals surface area contributed by atoms with Crippen molar-refractivity contribution in [3.8, 4) is 0 Å². The monoisotopic (exact) mass is 414 g/mol. The molecule has 2 rings (SSSR count). The van der Waals surface area contributed by atoms with Gasteiger partial charge in [0.15, 0.2) is 0 Å². The first-order valence-electron chi connectivity index (χ1n) is 6.13. The molecular formula is C14H21Cl2IN2. The first kappa shape index (κ1) is 19.2. The van der Waals surface area contributed by atoms with E-state index in [0.717, 1.165) is 32.6 Å². The summed E-state index contributed by atoms with van der Waals surface area (Å²) in [5.74, 6) is 0.